The van der Waals surface area contributed by atoms with Crippen LogP contribution >= 0.6 is 0 Å². The van der Waals surface area contributed by atoms with Crippen molar-refractivity contribution in [1.82, 2.24) is 19.6 Å². The van der Waals surface area contributed by atoms with E-state index in [1.165, 1.54) is 31.5 Å². The lowest BCUT2D eigenvalue weighted by molar-refractivity contribution is 0.0767. The minimum Gasteiger partial charge on any atom is -0.337 e. The van der Waals surface area contributed by atoms with E-state index in [-0.39, 0.29) is 5.91 Å². The summed E-state index contributed by atoms with van der Waals surface area (Å²) in [6.45, 7) is 7.33. The van der Waals surface area contributed by atoms with Gasteiger partial charge in [0, 0.05) is 32.4 Å². The number of aromatic nitrogens is 2. The maximum atomic E-state index is 12.8. The summed E-state index contributed by atoms with van der Waals surface area (Å²) >= 11 is 0. The Balaban J connectivity index is 1.24. The first-order valence-electron chi connectivity index (χ1n) is 10.7. The Morgan fingerprint density at radius 3 is 2.46 bits per heavy atom. The SMILES string of the molecule is Cc1cc(C(=O)N2CC[C@@H](C3CCN(CCc4ccccc4)CC3)C2)nn1C. The number of carbonyl (C=O) groups is 1. The average molecular weight is 381 g/mol. The lowest BCUT2D eigenvalue weighted by Crippen LogP contribution is -2.38. The van der Waals surface area contributed by atoms with E-state index in [9.17, 15) is 4.79 Å². The summed E-state index contributed by atoms with van der Waals surface area (Å²) in [4.78, 5) is 17.4. The van der Waals surface area contributed by atoms with Gasteiger partial charge in [0.05, 0.1) is 0 Å². The molecule has 5 nitrogen and oxygen atoms in total. The molecule has 2 aliphatic heterocycles. The summed E-state index contributed by atoms with van der Waals surface area (Å²) in [5.74, 6) is 1.52. The van der Waals surface area contributed by atoms with Gasteiger partial charge < -0.3 is 9.80 Å². The number of hydrogen-bond acceptors (Lipinski definition) is 3. The van der Waals surface area contributed by atoms with E-state index < -0.39 is 0 Å². The molecule has 0 saturated carbocycles. The molecule has 150 valence electrons. The molecule has 0 N–H and O–H groups in total. The summed E-state index contributed by atoms with van der Waals surface area (Å²) in [5, 5.41) is 4.37. The second-order valence-corrected chi connectivity index (χ2v) is 8.51. The number of nitrogens with zero attached hydrogens (tertiary/aromatic N) is 4. The third kappa shape index (κ3) is 4.30. The monoisotopic (exact) mass is 380 g/mol. The fourth-order valence-corrected chi connectivity index (χ4v) is 4.76. The molecule has 2 saturated heterocycles. The van der Waals surface area contributed by atoms with E-state index in [1.54, 1.807) is 4.68 Å². The fourth-order valence-electron chi connectivity index (χ4n) is 4.76. The highest BCUT2D eigenvalue weighted by Gasteiger charge is 2.34. The number of aryl methyl sites for hydroxylation is 2. The van der Waals surface area contributed by atoms with Gasteiger partial charge in [-0.3, -0.25) is 9.48 Å². The van der Waals surface area contributed by atoms with Gasteiger partial charge in [-0.25, -0.2) is 0 Å². The molecule has 0 spiro atoms. The van der Waals surface area contributed by atoms with Gasteiger partial charge in [-0.15, -0.1) is 0 Å². The molecular weight excluding hydrogens is 348 g/mol. The molecule has 0 aliphatic carbocycles. The van der Waals surface area contributed by atoms with E-state index in [2.05, 4.69) is 40.3 Å². The topological polar surface area (TPSA) is 41.4 Å². The number of amides is 1. The van der Waals surface area contributed by atoms with Gasteiger partial charge in [-0.05, 0) is 69.2 Å². The quantitative estimate of drug-likeness (QED) is 0.800. The molecule has 28 heavy (non-hydrogen) atoms. The third-order valence-electron chi connectivity index (χ3n) is 6.70. The normalized spacial score (nSPS) is 21.4. The van der Waals surface area contributed by atoms with Crippen molar-refractivity contribution in [2.24, 2.45) is 18.9 Å². The molecule has 2 aromatic rings. The highest BCUT2D eigenvalue weighted by molar-refractivity contribution is 5.92. The number of piperidine rings is 1. The van der Waals surface area contributed by atoms with Gasteiger partial charge in [-0.1, -0.05) is 30.3 Å². The van der Waals surface area contributed by atoms with Crippen molar-refractivity contribution in [1.29, 1.82) is 0 Å². The molecular formula is C23H32N4O. The predicted molar refractivity (Wildman–Crippen MR) is 111 cm³/mol. The van der Waals surface area contributed by atoms with Crippen LogP contribution in [0.2, 0.25) is 0 Å². The van der Waals surface area contributed by atoms with E-state index in [0.29, 0.717) is 11.6 Å². The number of benzene rings is 1. The summed E-state index contributed by atoms with van der Waals surface area (Å²) in [6, 6.07) is 12.7. The van der Waals surface area contributed by atoms with Gasteiger partial charge in [0.2, 0.25) is 0 Å². The van der Waals surface area contributed by atoms with Crippen LogP contribution in [0.3, 0.4) is 0 Å². The Labute approximate surface area is 168 Å². The fraction of sp³-hybridized carbons (Fsp3) is 0.565. The minimum absolute atomic E-state index is 0.103. The highest BCUT2D eigenvalue weighted by atomic mass is 16.2. The molecule has 5 heteroatoms. The van der Waals surface area contributed by atoms with E-state index in [0.717, 1.165) is 44.1 Å². The Kier molecular flexibility index (Phi) is 5.81. The maximum Gasteiger partial charge on any atom is 0.274 e. The molecule has 1 amide bonds. The molecule has 0 radical (unpaired) electrons. The van der Waals surface area contributed by atoms with Crippen molar-refractivity contribution in [3.63, 3.8) is 0 Å². The number of likely N-dealkylation sites (tertiary alicyclic amines) is 2. The first-order valence-corrected chi connectivity index (χ1v) is 10.7. The molecule has 1 aromatic heterocycles. The summed E-state index contributed by atoms with van der Waals surface area (Å²) in [7, 11) is 1.89. The van der Waals surface area contributed by atoms with Crippen LogP contribution in [0.25, 0.3) is 0 Å². The molecule has 0 bridgehead atoms. The Hall–Kier alpha value is -2.14. The van der Waals surface area contributed by atoms with Crippen molar-refractivity contribution in [3.8, 4) is 0 Å². The standard InChI is InChI=1S/C23H32N4O/c1-18-16-22(24-25(18)2)23(28)27-15-11-21(17-27)20-9-13-26(14-10-20)12-8-19-6-4-3-5-7-19/h3-7,16,20-21H,8-15,17H2,1-2H3/t21-/m1/s1. The van der Waals surface area contributed by atoms with Crippen LogP contribution in [-0.4, -0.2) is 58.2 Å². The van der Waals surface area contributed by atoms with Crippen molar-refractivity contribution in [3.05, 3.63) is 53.3 Å². The average Bonchev–Trinajstić information content (AvgIpc) is 3.34. The first kappa shape index (κ1) is 19.2. The second kappa shape index (κ2) is 8.48. The van der Waals surface area contributed by atoms with E-state index in [1.807, 2.05) is 24.9 Å². The molecule has 2 aliphatic rings. The van der Waals surface area contributed by atoms with Crippen LogP contribution in [0, 0.1) is 18.8 Å². The van der Waals surface area contributed by atoms with Crippen molar-refractivity contribution < 1.29 is 4.79 Å². The van der Waals surface area contributed by atoms with Gasteiger partial charge in [0.25, 0.3) is 5.91 Å². The highest BCUT2D eigenvalue weighted by Crippen LogP contribution is 2.32. The Morgan fingerprint density at radius 2 is 1.79 bits per heavy atom. The molecule has 2 fully saturated rings. The van der Waals surface area contributed by atoms with Gasteiger partial charge in [-0.2, -0.15) is 5.10 Å². The summed E-state index contributed by atoms with van der Waals surface area (Å²) in [6.07, 6.45) is 4.82. The largest absolute Gasteiger partial charge is 0.337 e. The summed E-state index contributed by atoms with van der Waals surface area (Å²) < 4.78 is 1.78. The molecule has 0 unspecified atom stereocenters. The second-order valence-electron chi connectivity index (χ2n) is 8.51. The van der Waals surface area contributed by atoms with Gasteiger partial charge in [0.15, 0.2) is 5.69 Å². The first-order chi connectivity index (χ1) is 13.6. The zero-order valence-electron chi connectivity index (χ0n) is 17.2. The lowest BCUT2D eigenvalue weighted by atomic mass is 9.83. The molecule has 4 rings (SSSR count). The van der Waals surface area contributed by atoms with Crippen LogP contribution in [0.5, 0.6) is 0 Å². The van der Waals surface area contributed by atoms with Crippen LogP contribution in [0.1, 0.15) is 41.0 Å². The number of hydrogen-bond donors (Lipinski definition) is 0. The Bertz CT molecular complexity index is 773. The zero-order chi connectivity index (χ0) is 19.5. The van der Waals surface area contributed by atoms with Crippen molar-refractivity contribution in [2.75, 3.05) is 32.7 Å². The Morgan fingerprint density at radius 1 is 1.07 bits per heavy atom. The minimum atomic E-state index is 0.103. The van der Waals surface area contributed by atoms with Crippen LogP contribution in [0.4, 0.5) is 0 Å². The van der Waals surface area contributed by atoms with Gasteiger partial charge in [0.1, 0.15) is 0 Å². The third-order valence-corrected chi connectivity index (χ3v) is 6.70. The van der Waals surface area contributed by atoms with Crippen LogP contribution < -0.4 is 0 Å². The maximum absolute atomic E-state index is 12.8. The molecule has 1 atom stereocenters. The van der Waals surface area contributed by atoms with Crippen molar-refractivity contribution in [2.45, 2.75) is 32.6 Å². The van der Waals surface area contributed by atoms with E-state index in [4.69, 9.17) is 0 Å². The summed E-state index contributed by atoms with van der Waals surface area (Å²) in [5.41, 5.74) is 3.05. The predicted octanol–water partition coefficient (Wildman–Crippen LogP) is 3.15. The molecule has 1 aromatic carbocycles. The lowest BCUT2D eigenvalue weighted by Gasteiger charge is -2.34. The van der Waals surface area contributed by atoms with Crippen LogP contribution in [0.15, 0.2) is 36.4 Å². The van der Waals surface area contributed by atoms with E-state index >= 15 is 0 Å². The number of rotatable bonds is 5. The number of carbonyl (C=O) groups excluding carboxylic acids is 1. The zero-order valence-corrected chi connectivity index (χ0v) is 17.2. The van der Waals surface area contributed by atoms with Crippen molar-refractivity contribution >= 4 is 5.91 Å². The smallest absolute Gasteiger partial charge is 0.274 e. The molecule has 3 heterocycles. The van der Waals surface area contributed by atoms with Crippen LogP contribution in [-0.2, 0) is 13.5 Å². The van der Waals surface area contributed by atoms with Gasteiger partial charge >= 0.3 is 0 Å².